The minimum atomic E-state index is 0.00444. The van der Waals surface area contributed by atoms with Gasteiger partial charge in [0.25, 0.3) is 0 Å². The summed E-state index contributed by atoms with van der Waals surface area (Å²) < 4.78 is 17.6. The molecule has 0 spiro atoms. The quantitative estimate of drug-likeness (QED) is 0.0450. The van der Waals surface area contributed by atoms with E-state index < -0.39 is 0 Å². The first-order valence-electron chi connectivity index (χ1n) is 26.0. The minimum absolute atomic E-state index is 0.00444. The van der Waals surface area contributed by atoms with Crippen LogP contribution >= 0.6 is 0 Å². The normalized spacial score (nSPS) is 11.8. The topological polar surface area (TPSA) is 65.1 Å². The number of ether oxygens (including phenoxy) is 3. The predicted octanol–water partition coefficient (Wildman–Crippen LogP) is 15.6. The highest BCUT2D eigenvalue weighted by Crippen LogP contribution is 2.24. The van der Waals surface area contributed by atoms with E-state index in [2.05, 4.69) is 46.4 Å². The number of hydrogen-bond donors (Lipinski definition) is 0. The number of rotatable bonds is 47. The molecule has 0 aliphatic heterocycles. The van der Waals surface area contributed by atoms with Crippen LogP contribution in [0.25, 0.3) is 0 Å². The zero-order valence-electron chi connectivity index (χ0n) is 40.2. The van der Waals surface area contributed by atoms with E-state index in [9.17, 15) is 9.59 Å². The largest absolute Gasteiger partial charge is 0.466 e. The number of carbonyl (C=O) groups is 2. The summed E-state index contributed by atoms with van der Waals surface area (Å²) in [6, 6.07) is 0. The van der Waals surface area contributed by atoms with Crippen molar-refractivity contribution in [2.24, 2.45) is 17.8 Å². The second-order valence-electron chi connectivity index (χ2n) is 18.0. The minimum Gasteiger partial charge on any atom is -0.466 e. The summed E-state index contributed by atoms with van der Waals surface area (Å²) >= 11 is 0. The fourth-order valence-corrected chi connectivity index (χ4v) is 8.53. The van der Waals surface area contributed by atoms with Crippen molar-refractivity contribution in [3.8, 4) is 0 Å². The number of unbranched alkanes of at least 4 members (excludes halogenated alkanes) is 17. The standard InChI is InChI=1S/C52H103NO5/c1-7-13-23-33-48(34-24-14-8-2)41-45-57-51(54)39-29-21-17-19-27-37-50(47-56-44-32-31-43-53(11-5)12-6)38-28-20-18-22-30-40-52(55)58-46-42-49(35-25-15-9-3)36-26-16-10-4/h48-50H,7-47H2,1-6H3. The van der Waals surface area contributed by atoms with Crippen LogP contribution < -0.4 is 0 Å². The zero-order chi connectivity index (χ0) is 42.6. The number of hydrogen-bond acceptors (Lipinski definition) is 6. The second-order valence-corrected chi connectivity index (χ2v) is 18.0. The first-order valence-corrected chi connectivity index (χ1v) is 26.0. The molecule has 0 fully saturated rings. The average Bonchev–Trinajstić information content (AvgIpc) is 3.22. The maximum absolute atomic E-state index is 12.4. The van der Waals surface area contributed by atoms with Crippen LogP contribution in [0.3, 0.4) is 0 Å². The zero-order valence-corrected chi connectivity index (χ0v) is 40.2. The Kier molecular flexibility index (Phi) is 44.5. The van der Waals surface area contributed by atoms with E-state index in [1.54, 1.807) is 0 Å². The smallest absolute Gasteiger partial charge is 0.305 e. The molecule has 0 aromatic rings. The van der Waals surface area contributed by atoms with Crippen LogP contribution in [-0.4, -0.2) is 62.9 Å². The van der Waals surface area contributed by atoms with Crippen molar-refractivity contribution in [2.45, 2.75) is 260 Å². The molecule has 0 saturated heterocycles. The van der Waals surface area contributed by atoms with E-state index in [1.807, 2.05) is 0 Å². The van der Waals surface area contributed by atoms with Gasteiger partial charge in [-0.15, -0.1) is 0 Å². The number of carbonyl (C=O) groups excluding carboxylic acids is 2. The molecular formula is C52H103NO5. The third-order valence-electron chi connectivity index (χ3n) is 12.7. The molecule has 0 saturated carbocycles. The number of nitrogens with zero attached hydrogens (tertiary/aromatic N) is 1. The van der Waals surface area contributed by atoms with Gasteiger partial charge >= 0.3 is 11.9 Å². The highest BCUT2D eigenvalue weighted by atomic mass is 16.5. The van der Waals surface area contributed by atoms with Gasteiger partial charge in [-0.05, 0) is 88.8 Å². The fraction of sp³-hybridized carbons (Fsp3) is 0.962. The first kappa shape index (κ1) is 56.9. The molecule has 0 atom stereocenters. The van der Waals surface area contributed by atoms with E-state index in [-0.39, 0.29) is 11.9 Å². The van der Waals surface area contributed by atoms with Crippen molar-refractivity contribution < 1.29 is 23.8 Å². The van der Waals surface area contributed by atoms with Gasteiger partial charge < -0.3 is 19.1 Å². The van der Waals surface area contributed by atoms with Crippen molar-refractivity contribution in [3.63, 3.8) is 0 Å². The highest BCUT2D eigenvalue weighted by molar-refractivity contribution is 5.69. The van der Waals surface area contributed by atoms with E-state index in [0.29, 0.717) is 43.8 Å². The van der Waals surface area contributed by atoms with Crippen LogP contribution in [0.5, 0.6) is 0 Å². The lowest BCUT2D eigenvalue weighted by Gasteiger charge is -2.19. The summed E-state index contributed by atoms with van der Waals surface area (Å²) in [6.45, 7) is 20.0. The van der Waals surface area contributed by atoms with E-state index in [4.69, 9.17) is 14.2 Å². The van der Waals surface area contributed by atoms with Crippen molar-refractivity contribution in [2.75, 3.05) is 46.1 Å². The maximum atomic E-state index is 12.4. The van der Waals surface area contributed by atoms with Gasteiger partial charge in [0.15, 0.2) is 0 Å². The van der Waals surface area contributed by atoms with Crippen molar-refractivity contribution in [1.29, 1.82) is 0 Å². The van der Waals surface area contributed by atoms with Gasteiger partial charge in [-0.3, -0.25) is 9.59 Å². The Morgan fingerprint density at radius 1 is 0.379 bits per heavy atom. The molecule has 0 heterocycles. The summed E-state index contributed by atoms with van der Waals surface area (Å²) in [4.78, 5) is 27.4. The van der Waals surface area contributed by atoms with Gasteiger partial charge in [-0.1, -0.05) is 196 Å². The first-order chi connectivity index (χ1) is 28.4. The van der Waals surface area contributed by atoms with Gasteiger partial charge in [0.1, 0.15) is 0 Å². The molecular weight excluding hydrogens is 719 g/mol. The molecule has 0 aliphatic rings. The SMILES string of the molecule is CCCCCC(CCCCC)CCOC(=O)CCCCCCCC(CCCCCCCC(=O)OCCC(CCCCC)CCCCC)COCCCCN(CC)CC. The van der Waals surface area contributed by atoms with Crippen LogP contribution in [-0.2, 0) is 23.8 Å². The lowest BCUT2D eigenvalue weighted by molar-refractivity contribution is -0.145. The Bertz CT molecular complexity index is 772. The maximum Gasteiger partial charge on any atom is 0.305 e. The van der Waals surface area contributed by atoms with Crippen LogP contribution in [0, 0.1) is 17.8 Å². The monoisotopic (exact) mass is 822 g/mol. The van der Waals surface area contributed by atoms with Crippen molar-refractivity contribution in [3.05, 3.63) is 0 Å². The molecule has 0 radical (unpaired) electrons. The molecule has 58 heavy (non-hydrogen) atoms. The molecule has 0 unspecified atom stereocenters. The van der Waals surface area contributed by atoms with Crippen LogP contribution in [0.1, 0.15) is 260 Å². The Morgan fingerprint density at radius 3 is 1.14 bits per heavy atom. The fourth-order valence-electron chi connectivity index (χ4n) is 8.53. The van der Waals surface area contributed by atoms with Gasteiger partial charge in [0, 0.05) is 26.1 Å². The third-order valence-corrected chi connectivity index (χ3v) is 12.7. The summed E-state index contributed by atoms with van der Waals surface area (Å²) in [7, 11) is 0. The second kappa shape index (κ2) is 45.4. The molecule has 6 nitrogen and oxygen atoms in total. The highest BCUT2D eigenvalue weighted by Gasteiger charge is 2.13. The predicted molar refractivity (Wildman–Crippen MR) is 251 cm³/mol. The Hall–Kier alpha value is -1.14. The Labute approximate surface area is 363 Å². The Morgan fingerprint density at radius 2 is 0.741 bits per heavy atom. The van der Waals surface area contributed by atoms with Crippen LogP contribution in [0.15, 0.2) is 0 Å². The molecule has 0 aliphatic carbocycles. The van der Waals surface area contributed by atoms with Gasteiger partial charge in [-0.25, -0.2) is 0 Å². The van der Waals surface area contributed by atoms with Gasteiger partial charge in [0.2, 0.25) is 0 Å². The number of esters is 2. The van der Waals surface area contributed by atoms with Crippen molar-refractivity contribution in [1.82, 2.24) is 4.90 Å². The summed E-state index contributed by atoms with van der Waals surface area (Å²) in [5, 5.41) is 0. The van der Waals surface area contributed by atoms with E-state index in [1.165, 1.54) is 167 Å². The van der Waals surface area contributed by atoms with E-state index in [0.717, 1.165) is 71.2 Å². The lowest BCUT2D eigenvalue weighted by Crippen LogP contribution is -2.24. The average molecular weight is 822 g/mol. The summed E-state index contributed by atoms with van der Waals surface area (Å²) in [5.41, 5.74) is 0. The van der Waals surface area contributed by atoms with E-state index >= 15 is 0 Å². The molecule has 0 aromatic carbocycles. The van der Waals surface area contributed by atoms with Gasteiger partial charge in [0.05, 0.1) is 13.2 Å². The van der Waals surface area contributed by atoms with Crippen molar-refractivity contribution >= 4 is 11.9 Å². The van der Waals surface area contributed by atoms with Crippen LogP contribution in [0.2, 0.25) is 0 Å². The van der Waals surface area contributed by atoms with Crippen LogP contribution in [0.4, 0.5) is 0 Å². The molecule has 0 amide bonds. The lowest BCUT2D eigenvalue weighted by atomic mass is 9.92. The van der Waals surface area contributed by atoms with Gasteiger partial charge in [-0.2, -0.15) is 0 Å². The third kappa shape index (κ3) is 39.0. The molecule has 0 bridgehead atoms. The molecule has 0 rings (SSSR count). The molecule has 0 N–H and O–H groups in total. The summed E-state index contributed by atoms with van der Waals surface area (Å²) in [6.07, 6.45) is 40.3. The molecule has 6 heteroatoms. The summed E-state index contributed by atoms with van der Waals surface area (Å²) in [5.74, 6) is 2.07. The molecule has 0 aromatic heterocycles. The molecule has 346 valence electrons. The Balaban J connectivity index is 4.37.